The molecule has 0 fully saturated rings. The van der Waals surface area contributed by atoms with Gasteiger partial charge in [-0.2, -0.15) is 5.26 Å². The van der Waals surface area contributed by atoms with Crippen molar-refractivity contribution in [3.8, 4) is 22.4 Å². The van der Waals surface area contributed by atoms with Gasteiger partial charge in [0, 0.05) is 11.8 Å². The van der Waals surface area contributed by atoms with Crippen molar-refractivity contribution < 1.29 is 9.53 Å². The Balaban J connectivity index is 1.63. The molecule has 0 atom stereocenters. The van der Waals surface area contributed by atoms with Crippen LogP contribution in [0.4, 0.5) is 5.69 Å². The van der Waals surface area contributed by atoms with E-state index in [9.17, 15) is 4.79 Å². The number of thiazole rings is 1. The number of nitrogens with one attached hydrogen (secondary N) is 1. The van der Waals surface area contributed by atoms with Crippen molar-refractivity contribution in [1.29, 1.82) is 5.26 Å². The van der Waals surface area contributed by atoms with Crippen molar-refractivity contribution in [3.63, 3.8) is 0 Å². The lowest BCUT2D eigenvalue weighted by Crippen LogP contribution is -2.13. The van der Waals surface area contributed by atoms with Crippen LogP contribution in [0.2, 0.25) is 0 Å². The van der Waals surface area contributed by atoms with Gasteiger partial charge in [0.25, 0.3) is 0 Å². The Labute approximate surface area is 155 Å². The number of aromatic nitrogens is 1. The second-order valence-electron chi connectivity index (χ2n) is 5.55. The van der Waals surface area contributed by atoms with Gasteiger partial charge in [-0.15, -0.1) is 11.3 Å². The van der Waals surface area contributed by atoms with Gasteiger partial charge in [-0.05, 0) is 30.7 Å². The Bertz CT molecular complexity index is 959. The first kappa shape index (κ1) is 17.6. The van der Waals surface area contributed by atoms with Crippen molar-refractivity contribution in [3.05, 3.63) is 65.2 Å². The van der Waals surface area contributed by atoms with Gasteiger partial charge >= 0.3 is 0 Å². The number of anilines is 1. The molecule has 0 bridgehead atoms. The first-order valence-electron chi connectivity index (χ1n) is 8.08. The van der Waals surface area contributed by atoms with Crippen LogP contribution in [-0.4, -0.2) is 18.0 Å². The standard InChI is InChI=1S/C20H17N3O2S/c1-25-18-9-5-3-7-16(18)20-22-15(13-26-20)10-11-19(24)23-17-8-4-2-6-14(17)12-21/h2-9,13H,10-11H2,1H3,(H,23,24). The van der Waals surface area contributed by atoms with E-state index in [0.29, 0.717) is 24.1 Å². The molecule has 0 aliphatic carbocycles. The van der Waals surface area contributed by atoms with Crippen molar-refractivity contribution in [2.45, 2.75) is 12.8 Å². The average Bonchev–Trinajstić information content (AvgIpc) is 3.15. The summed E-state index contributed by atoms with van der Waals surface area (Å²) in [4.78, 5) is 16.8. The molecule has 1 heterocycles. The molecule has 0 aliphatic rings. The minimum absolute atomic E-state index is 0.139. The SMILES string of the molecule is COc1ccccc1-c1nc(CCC(=O)Nc2ccccc2C#N)cs1. The molecule has 0 radical (unpaired) electrons. The highest BCUT2D eigenvalue weighted by Crippen LogP contribution is 2.32. The largest absolute Gasteiger partial charge is 0.496 e. The molecule has 0 saturated heterocycles. The Morgan fingerprint density at radius 3 is 2.81 bits per heavy atom. The number of nitrogens with zero attached hydrogens (tertiary/aromatic N) is 2. The zero-order chi connectivity index (χ0) is 18.4. The van der Waals surface area contributed by atoms with Gasteiger partial charge < -0.3 is 10.1 Å². The molecule has 26 heavy (non-hydrogen) atoms. The van der Waals surface area contributed by atoms with Crippen LogP contribution in [0.15, 0.2) is 53.9 Å². The number of para-hydroxylation sites is 2. The Morgan fingerprint density at radius 2 is 2.00 bits per heavy atom. The predicted molar refractivity (Wildman–Crippen MR) is 102 cm³/mol. The molecular weight excluding hydrogens is 346 g/mol. The summed E-state index contributed by atoms with van der Waals surface area (Å²) in [7, 11) is 1.64. The minimum atomic E-state index is -0.139. The zero-order valence-electron chi connectivity index (χ0n) is 14.2. The number of amides is 1. The molecule has 3 rings (SSSR count). The van der Waals surface area contributed by atoms with Crippen LogP contribution in [0.1, 0.15) is 17.7 Å². The number of hydrogen-bond donors (Lipinski definition) is 1. The third-order valence-corrected chi connectivity index (χ3v) is 4.74. The topological polar surface area (TPSA) is 75.0 Å². The number of ether oxygens (including phenoxy) is 1. The highest BCUT2D eigenvalue weighted by molar-refractivity contribution is 7.13. The third kappa shape index (κ3) is 4.08. The number of aryl methyl sites for hydroxylation is 1. The number of hydrogen-bond acceptors (Lipinski definition) is 5. The molecule has 0 unspecified atom stereocenters. The van der Waals surface area contributed by atoms with Gasteiger partial charge in [0.2, 0.25) is 5.91 Å². The quantitative estimate of drug-likeness (QED) is 0.710. The van der Waals surface area contributed by atoms with Crippen LogP contribution in [0, 0.1) is 11.3 Å². The van der Waals surface area contributed by atoms with E-state index in [-0.39, 0.29) is 5.91 Å². The van der Waals surface area contributed by atoms with E-state index in [2.05, 4.69) is 16.4 Å². The first-order chi connectivity index (χ1) is 12.7. The second-order valence-corrected chi connectivity index (χ2v) is 6.41. The molecule has 1 amide bonds. The number of rotatable bonds is 6. The summed E-state index contributed by atoms with van der Waals surface area (Å²) in [5.41, 5.74) is 2.79. The van der Waals surface area contributed by atoms with Crippen molar-refractivity contribution in [2.75, 3.05) is 12.4 Å². The monoisotopic (exact) mass is 363 g/mol. The van der Waals surface area contributed by atoms with Gasteiger partial charge in [0.05, 0.1) is 29.6 Å². The van der Waals surface area contributed by atoms with Gasteiger partial charge in [0.1, 0.15) is 16.8 Å². The molecule has 5 nitrogen and oxygen atoms in total. The summed E-state index contributed by atoms with van der Waals surface area (Å²) in [6, 6.07) is 16.7. The summed E-state index contributed by atoms with van der Waals surface area (Å²) in [5.74, 6) is 0.638. The average molecular weight is 363 g/mol. The molecule has 6 heteroatoms. The Hall–Kier alpha value is -3.17. The van der Waals surface area contributed by atoms with E-state index in [0.717, 1.165) is 22.0 Å². The number of carbonyl (C=O) groups is 1. The zero-order valence-corrected chi connectivity index (χ0v) is 15.0. The minimum Gasteiger partial charge on any atom is -0.496 e. The molecule has 130 valence electrons. The fourth-order valence-electron chi connectivity index (χ4n) is 2.51. The molecule has 0 spiro atoms. The van der Waals surface area contributed by atoms with E-state index < -0.39 is 0 Å². The molecular formula is C20H17N3O2S. The highest BCUT2D eigenvalue weighted by Gasteiger charge is 2.11. The number of methoxy groups -OCH3 is 1. The predicted octanol–water partition coefficient (Wildman–Crippen LogP) is 4.26. The summed E-state index contributed by atoms with van der Waals surface area (Å²) in [5, 5.41) is 14.7. The van der Waals surface area contributed by atoms with Crippen LogP contribution in [-0.2, 0) is 11.2 Å². The lowest BCUT2D eigenvalue weighted by atomic mass is 10.2. The van der Waals surface area contributed by atoms with Gasteiger partial charge in [-0.25, -0.2) is 4.98 Å². The number of benzene rings is 2. The normalized spacial score (nSPS) is 10.2. The molecule has 0 saturated carbocycles. The fourth-order valence-corrected chi connectivity index (χ4v) is 3.39. The summed E-state index contributed by atoms with van der Waals surface area (Å²) < 4.78 is 5.37. The highest BCUT2D eigenvalue weighted by atomic mass is 32.1. The van der Waals surface area contributed by atoms with Crippen LogP contribution in [0.3, 0.4) is 0 Å². The summed E-state index contributed by atoms with van der Waals surface area (Å²) >= 11 is 1.53. The van der Waals surface area contributed by atoms with Crippen molar-refractivity contribution in [2.24, 2.45) is 0 Å². The number of carbonyl (C=O) groups excluding carboxylic acids is 1. The summed E-state index contributed by atoms with van der Waals surface area (Å²) in [6.45, 7) is 0. The first-order valence-corrected chi connectivity index (χ1v) is 8.96. The van der Waals surface area contributed by atoms with Crippen molar-refractivity contribution in [1.82, 2.24) is 4.98 Å². The smallest absolute Gasteiger partial charge is 0.224 e. The van der Waals surface area contributed by atoms with E-state index in [1.54, 1.807) is 31.4 Å². The molecule has 3 aromatic rings. The lowest BCUT2D eigenvalue weighted by Gasteiger charge is -2.06. The van der Waals surface area contributed by atoms with Crippen LogP contribution < -0.4 is 10.1 Å². The maximum atomic E-state index is 12.2. The van der Waals surface area contributed by atoms with Gasteiger partial charge in [-0.3, -0.25) is 4.79 Å². The fraction of sp³-hybridized carbons (Fsp3) is 0.150. The van der Waals surface area contributed by atoms with Crippen LogP contribution in [0.25, 0.3) is 10.6 Å². The van der Waals surface area contributed by atoms with Crippen molar-refractivity contribution >= 4 is 22.9 Å². The summed E-state index contributed by atoms with van der Waals surface area (Å²) in [6.07, 6.45) is 0.834. The van der Waals surface area contributed by atoms with E-state index in [4.69, 9.17) is 10.00 Å². The van der Waals surface area contributed by atoms with E-state index in [1.807, 2.05) is 29.6 Å². The van der Waals surface area contributed by atoms with Crippen LogP contribution in [0.5, 0.6) is 5.75 Å². The van der Waals surface area contributed by atoms with Gasteiger partial charge in [0.15, 0.2) is 0 Å². The Kier molecular flexibility index (Phi) is 5.62. The Morgan fingerprint density at radius 1 is 1.23 bits per heavy atom. The molecule has 1 aromatic heterocycles. The number of nitriles is 1. The molecule has 2 aromatic carbocycles. The maximum Gasteiger partial charge on any atom is 0.224 e. The second kappa shape index (κ2) is 8.28. The lowest BCUT2D eigenvalue weighted by molar-refractivity contribution is -0.116. The molecule has 1 N–H and O–H groups in total. The third-order valence-electron chi connectivity index (χ3n) is 3.82. The molecule has 0 aliphatic heterocycles. The van der Waals surface area contributed by atoms with Gasteiger partial charge in [-0.1, -0.05) is 24.3 Å². The maximum absolute atomic E-state index is 12.2. The van der Waals surface area contributed by atoms with E-state index >= 15 is 0 Å². The van der Waals surface area contributed by atoms with Crippen LogP contribution >= 0.6 is 11.3 Å². The van der Waals surface area contributed by atoms with E-state index in [1.165, 1.54) is 11.3 Å².